The van der Waals surface area contributed by atoms with Crippen LogP contribution in [0.15, 0.2) is 24.3 Å². The summed E-state index contributed by atoms with van der Waals surface area (Å²) in [5, 5.41) is 21.9. The second-order valence-corrected chi connectivity index (χ2v) is 8.60. The summed E-state index contributed by atoms with van der Waals surface area (Å²) in [5.41, 5.74) is 2.09. The lowest BCUT2D eigenvalue weighted by Crippen LogP contribution is -2.62. The maximum atomic E-state index is 13.6. The molecule has 3 atom stereocenters. The van der Waals surface area contributed by atoms with Crippen molar-refractivity contribution in [2.75, 3.05) is 13.1 Å². The van der Waals surface area contributed by atoms with Crippen molar-refractivity contribution in [3.05, 3.63) is 41.5 Å². The molecule has 8 nitrogen and oxygen atoms in total. The Hall–Kier alpha value is -2.85. The number of nitrogens with one attached hydrogen (secondary N) is 2. The van der Waals surface area contributed by atoms with E-state index in [1.54, 1.807) is 11.6 Å². The monoisotopic (exact) mass is 435 g/mol. The Kier molecular flexibility index (Phi) is 5.52. The van der Waals surface area contributed by atoms with Crippen LogP contribution in [0.2, 0.25) is 0 Å². The van der Waals surface area contributed by atoms with Crippen LogP contribution in [0.5, 0.6) is 0 Å². The lowest BCUT2D eigenvalue weighted by molar-refractivity contribution is -0.144. The van der Waals surface area contributed by atoms with Gasteiger partial charge in [0.1, 0.15) is 17.7 Å². The summed E-state index contributed by atoms with van der Waals surface area (Å²) in [6.45, 7) is 0.392. The van der Waals surface area contributed by atoms with Crippen LogP contribution in [0.3, 0.4) is 0 Å². The molecule has 2 amide bonds. The Balaban J connectivity index is 1.60. The Morgan fingerprint density at radius 2 is 1.84 bits per heavy atom. The van der Waals surface area contributed by atoms with E-state index >= 15 is 0 Å². The average Bonchev–Trinajstić information content (AvgIpc) is 3.49. The highest BCUT2D eigenvalue weighted by Gasteiger charge is 2.57. The van der Waals surface area contributed by atoms with Crippen LogP contribution < -0.4 is 10.8 Å². The van der Waals surface area contributed by atoms with E-state index in [9.17, 15) is 33.5 Å². The van der Waals surface area contributed by atoms with Gasteiger partial charge in [-0.25, -0.2) is 19.1 Å². The molecule has 4 rings (SSSR count). The van der Waals surface area contributed by atoms with Crippen LogP contribution in [0, 0.1) is 23.0 Å². The van der Waals surface area contributed by atoms with Gasteiger partial charge in [0.15, 0.2) is 5.78 Å². The number of halogens is 2. The molecule has 1 aromatic carbocycles. The van der Waals surface area contributed by atoms with E-state index in [4.69, 9.17) is 0 Å². The quantitative estimate of drug-likeness (QED) is 0.424. The number of likely N-dealkylation sites (tertiary alicyclic amines) is 1. The van der Waals surface area contributed by atoms with Crippen LogP contribution in [-0.2, 0) is 9.59 Å². The zero-order chi connectivity index (χ0) is 22.3. The van der Waals surface area contributed by atoms with E-state index in [1.807, 2.05) is 0 Å². The van der Waals surface area contributed by atoms with Crippen molar-refractivity contribution >= 4 is 23.4 Å². The fourth-order valence-electron chi connectivity index (χ4n) is 4.80. The standard InChI is InChI=1S/C21H23F2N3O5/c22-13-5-12(6-14(23)8-13)11-1-4-24-16(7-11)18(27)17-15(19(28)25-31)9-21(2-3-21)10-26(17)20(29)30/h1,5-6,8,15-17,24,31H,2-4,7,9-10H2,(H,25,28)(H,29,30)/t15-,16?,17-/m0/s1. The topological polar surface area (TPSA) is 119 Å². The van der Waals surface area contributed by atoms with Crippen LogP contribution in [0.25, 0.3) is 5.57 Å². The van der Waals surface area contributed by atoms with E-state index in [0.717, 1.165) is 23.8 Å². The summed E-state index contributed by atoms with van der Waals surface area (Å²) in [6.07, 6.45) is 2.32. The van der Waals surface area contributed by atoms with Crippen LogP contribution in [-0.4, -0.2) is 58.2 Å². The van der Waals surface area contributed by atoms with E-state index in [0.29, 0.717) is 17.6 Å². The van der Waals surface area contributed by atoms with E-state index in [1.165, 1.54) is 12.1 Å². The van der Waals surface area contributed by atoms with Crippen molar-refractivity contribution in [1.82, 2.24) is 15.7 Å². The zero-order valence-electron chi connectivity index (χ0n) is 16.6. The van der Waals surface area contributed by atoms with Crippen molar-refractivity contribution in [1.29, 1.82) is 0 Å². The largest absolute Gasteiger partial charge is 0.465 e. The average molecular weight is 435 g/mol. The molecule has 1 unspecified atom stereocenters. The third-order valence-electron chi connectivity index (χ3n) is 6.53. The smallest absolute Gasteiger partial charge is 0.407 e. The summed E-state index contributed by atoms with van der Waals surface area (Å²) < 4.78 is 27.3. The minimum absolute atomic E-state index is 0.0876. The highest BCUT2D eigenvalue weighted by molar-refractivity contribution is 5.97. The molecule has 2 fully saturated rings. The van der Waals surface area contributed by atoms with Gasteiger partial charge in [0.25, 0.3) is 0 Å². The predicted molar refractivity (Wildman–Crippen MR) is 104 cm³/mol. The Bertz CT molecular complexity index is 942. The first kappa shape index (κ1) is 21.4. The van der Waals surface area contributed by atoms with Crippen molar-refractivity contribution in [3.8, 4) is 0 Å². The third kappa shape index (κ3) is 4.17. The number of carboxylic acid groups (broad SMARTS) is 1. The van der Waals surface area contributed by atoms with Crippen molar-refractivity contribution < 1.29 is 33.5 Å². The Morgan fingerprint density at radius 3 is 2.42 bits per heavy atom. The van der Waals surface area contributed by atoms with Crippen molar-refractivity contribution in [2.24, 2.45) is 11.3 Å². The van der Waals surface area contributed by atoms with Gasteiger partial charge in [0.2, 0.25) is 5.91 Å². The van der Waals surface area contributed by atoms with Crippen LogP contribution in [0.4, 0.5) is 13.6 Å². The molecule has 1 saturated heterocycles. The molecule has 2 heterocycles. The molecule has 10 heteroatoms. The van der Waals surface area contributed by atoms with Gasteiger partial charge in [-0.3, -0.25) is 19.7 Å². The lowest BCUT2D eigenvalue weighted by atomic mass is 9.76. The van der Waals surface area contributed by atoms with Gasteiger partial charge in [-0.1, -0.05) is 6.08 Å². The number of rotatable bonds is 4. The van der Waals surface area contributed by atoms with Gasteiger partial charge in [0.05, 0.1) is 12.0 Å². The second kappa shape index (κ2) is 8.01. The predicted octanol–water partition coefficient (Wildman–Crippen LogP) is 1.93. The molecule has 166 valence electrons. The molecule has 0 radical (unpaired) electrons. The van der Waals surface area contributed by atoms with E-state index in [-0.39, 0.29) is 24.9 Å². The second-order valence-electron chi connectivity index (χ2n) is 8.60. The Morgan fingerprint density at radius 1 is 1.16 bits per heavy atom. The number of piperidine rings is 1. The molecular formula is C21H23F2N3O5. The fraction of sp³-hybridized carbons (Fsp3) is 0.476. The number of hydroxylamine groups is 1. The summed E-state index contributed by atoms with van der Waals surface area (Å²) in [5.74, 6) is -3.80. The molecule has 31 heavy (non-hydrogen) atoms. The minimum atomic E-state index is -1.31. The lowest BCUT2D eigenvalue weighted by Gasteiger charge is -2.43. The van der Waals surface area contributed by atoms with Gasteiger partial charge >= 0.3 is 6.09 Å². The molecule has 1 spiro atoms. The van der Waals surface area contributed by atoms with Gasteiger partial charge in [-0.05, 0) is 54.4 Å². The number of hydrogen-bond acceptors (Lipinski definition) is 5. The molecule has 1 saturated carbocycles. The number of nitrogens with zero attached hydrogens (tertiary/aromatic N) is 1. The highest BCUT2D eigenvalue weighted by Crippen LogP contribution is 2.55. The van der Waals surface area contributed by atoms with Gasteiger partial charge < -0.3 is 10.4 Å². The SMILES string of the molecule is O=C(NO)[C@H]1CC2(CC2)CN(C(=O)O)[C@@H]1C(=O)C1CC(c2cc(F)cc(F)c2)=CCN1. The minimum Gasteiger partial charge on any atom is -0.465 e. The van der Waals surface area contributed by atoms with Crippen molar-refractivity contribution in [3.63, 3.8) is 0 Å². The molecular weight excluding hydrogens is 412 g/mol. The number of carbonyl (C=O) groups excluding carboxylic acids is 2. The fourth-order valence-corrected chi connectivity index (χ4v) is 4.80. The maximum absolute atomic E-state index is 13.6. The normalized spacial score (nSPS) is 26.9. The van der Waals surface area contributed by atoms with Crippen LogP contribution >= 0.6 is 0 Å². The third-order valence-corrected chi connectivity index (χ3v) is 6.53. The number of carbonyl (C=O) groups is 3. The number of amides is 2. The first-order chi connectivity index (χ1) is 14.7. The van der Waals surface area contributed by atoms with Gasteiger partial charge in [-0.2, -0.15) is 0 Å². The number of ketones is 1. The highest BCUT2D eigenvalue weighted by atomic mass is 19.1. The molecule has 1 aliphatic carbocycles. The summed E-state index contributed by atoms with van der Waals surface area (Å²) in [4.78, 5) is 38.7. The molecule has 1 aromatic rings. The summed E-state index contributed by atoms with van der Waals surface area (Å²) >= 11 is 0. The first-order valence-electron chi connectivity index (χ1n) is 10.1. The number of hydrogen-bond donors (Lipinski definition) is 4. The summed E-state index contributed by atoms with van der Waals surface area (Å²) in [6, 6.07) is 0.986. The van der Waals surface area contributed by atoms with E-state index < -0.39 is 47.4 Å². The first-order valence-corrected chi connectivity index (χ1v) is 10.1. The number of Topliss-reactive ketones (excluding diaryl/α,β-unsaturated/α-hetero) is 1. The molecule has 3 aliphatic rings. The maximum Gasteiger partial charge on any atom is 0.407 e. The molecule has 0 aromatic heterocycles. The van der Waals surface area contributed by atoms with Gasteiger partial charge in [-0.15, -0.1) is 0 Å². The Labute approximate surface area is 176 Å². The molecule has 4 N–H and O–H groups in total. The van der Waals surface area contributed by atoms with E-state index in [2.05, 4.69) is 5.32 Å². The van der Waals surface area contributed by atoms with Crippen molar-refractivity contribution in [2.45, 2.75) is 37.8 Å². The number of benzene rings is 1. The van der Waals surface area contributed by atoms with Gasteiger partial charge in [0, 0.05) is 19.2 Å². The van der Waals surface area contributed by atoms with Crippen LogP contribution in [0.1, 0.15) is 31.2 Å². The molecule has 2 aliphatic heterocycles. The molecule has 0 bridgehead atoms. The summed E-state index contributed by atoms with van der Waals surface area (Å²) in [7, 11) is 0. The zero-order valence-corrected chi connectivity index (χ0v) is 16.6.